The number of oxime groups is 1. The molecule has 0 spiro atoms. The number of benzene rings is 2. The van der Waals surface area contributed by atoms with Crippen LogP contribution in [0.1, 0.15) is 46.0 Å². The lowest BCUT2D eigenvalue weighted by Crippen LogP contribution is -2.57. The van der Waals surface area contributed by atoms with Gasteiger partial charge in [-0.05, 0) is 49.6 Å². The minimum absolute atomic E-state index is 0.142. The zero-order valence-corrected chi connectivity index (χ0v) is 19.5. The minimum Gasteiger partial charge on any atom is -0.384 e. The zero-order valence-electron chi connectivity index (χ0n) is 19.5. The summed E-state index contributed by atoms with van der Waals surface area (Å²) in [5, 5.41) is 4.26. The monoisotopic (exact) mass is 487 g/mol. The topological polar surface area (TPSA) is 79.3 Å². The predicted molar refractivity (Wildman–Crippen MR) is 121 cm³/mol. The van der Waals surface area contributed by atoms with E-state index in [1.807, 2.05) is 38.1 Å². The first-order valence-electron chi connectivity index (χ1n) is 11.0. The lowest BCUT2D eigenvalue weighted by molar-refractivity contribution is -0.174. The van der Waals surface area contributed by atoms with E-state index in [2.05, 4.69) is 5.16 Å². The molecule has 10 heteroatoms. The highest BCUT2D eigenvalue weighted by Crippen LogP contribution is 2.36. The fraction of sp³-hybridized carbons (Fsp3) is 0.360. The maximum Gasteiger partial charge on any atom is 0.406 e. The lowest BCUT2D eigenvalue weighted by Gasteiger charge is -2.33. The normalized spacial score (nSPS) is 20.7. The summed E-state index contributed by atoms with van der Waals surface area (Å²) in [6.07, 6.45) is -4.18. The Kier molecular flexibility index (Phi) is 6.16. The summed E-state index contributed by atoms with van der Waals surface area (Å²) in [5.41, 5.74) is 3.80. The third kappa shape index (κ3) is 5.06. The van der Waals surface area contributed by atoms with Crippen molar-refractivity contribution < 1.29 is 32.4 Å². The van der Waals surface area contributed by atoms with Gasteiger partial charge < -0.3 is 9.74 Å². The van der Waals surface area contributed by atoms with Gasteiger partial charge >= 0.3 is 6.18 Å². The Balaban J connectivity index is 1.47. The molecule has 0 aliphatic carbocycles. The molecule has 184 valence electrons. The van der Waals surface area contributed by atoms with Gasteiger partial charge in [0, 0.05) is 12.0 Å². The van der Waals surface area contributed by atoms with Gasteiger partial charge in [-0.15, -0.1) is 0 Å². The molecule has 35 heavy (non-hydrogen) atoms. The Morgan fingerprint density at radius 2 is 1.69 bits per heavy atom. The van der Waals surface area contributed by atoms with Crippen LogP contribution in [0.25, 0.3) is 0 Å². The van der Waals surface area contributed by atoms with Crippen LogP contribution in [-0.2, 0) is 20.0 Å². The molecule has 1 saturated heterocycles. The second-order valence-corrected chi connectivity index (χ2v) is 9.08. The maximum atomic E-state index is 13.0. The highest BCUT2D eigenvalue weighted by molar-refractivity contribution is 6.07. The average molecular weight is 487 g/mol. The summed E-state index contributed by atoms with van der Waals surface area (Å²) < 4.78 is 37.9. The average Bonchev–Trinajstić information content (AvgIpc) is 3.18. The predicted octanol–water partition coefficient (Wildman–Crippen LogP) is 3.72. The molecule has 2 aromatic rings. The number of imide groups is 1. The number of piperazine rings is 1. The molecule has 2 heterocycles. The third-order valence-electron chi connectivity index (χ3n) is 6.19. The van der Waals surface area contributed by atoms with Crippen molar-refractivity contribution in [1.82, 2.24) is 9.80 Å². The van der Waals surface area contributed by atoms with Crippen molar-refractivity contribution in [1.29, 1.82) is 0 Å². The number of alkyl halides is 3. The number of halogens is 3. The molecule has 0 aromatic heterocycles. The van der Waals surface area contributed by atoms with Gasteiger partial charge in [-0.3, -0.25) is 19.3 Å². The molecule has 1 fully saturated rings. The van der Waals surface area contributed by atoms with Gasteiger partial charge in [0.1, 0.15) is 19.6 Å². The number of aryl methyl sites for hydroxylation is 2. The Morgan fingerprint density at radius 1 is 1.06 bits per heavy atom. The van der Waals surface area contributed by atoms with Crippen LogP contribution in [0.15, 0.2) is 47.6 Å². The molecule has 3 amide bonds. The van der Waals surface area contributed by atoms with Crippen molar-refractivity contribution in [2.45, 2.75) is 39.0 Å². The number of carbonyl (C=O) groups is 3. The van der Waals surface area contributed by atoms with Gasteiger partial charge in [0.05, 0.1) is 5.71 Å². The van der Waals surface area contributed by atoms with Gasteiger partial charge in [0.15, 0.2) is 5.60 Å². The van der Waals surface area contributed by atoms with E-state index in [-0.39, 0.29) is 10.5 Å². The molecule has 4 rings (SSSR count). The summed E-state index contributed by atoms with van der Waals surface area (Å²) in [6, 6.07) is 13.0. The second-order valence-electron chi connectivity index (χ2n) is 9.08. The van der Waals surface area contributed by atoms with Gasteiger partial charge in [-0.1, -0.05) is 41.1 Å². The molecule has 0 saturated carbocycles. The van der Waals surface area contributed by atoms with Crippen LogP contribution in [0.5, 0.6) is 0 Å². The smallest absolute Gasteiger partial charge is 0.384 e. The summed E-state index contributed by atoms with van der Waals surface area (Å²) in [6.45, 7) is 2.80. The van der Waals surface area contributed by atoms with Gasteiger partial charge in [-0.25, -0.2) is 0 Å². The van der Waals surface area contributed by atoms with Gasteiger partial charge in [0.2, 0.25) is 11.8 Å². The quantitative estimate of drug-likeness (QED) is 0.616. The summed E-state index contributed by atoms with van der Waals surface area (Å²) in [7, 11) is 0. The molecule has 1 atom stereocenters. The number of amides is 3. The molecule has 0 N–H and O–H groups in total. The van der Waals surface area contributed by atoms with Crippen molar-refractivity contribution in [3.05, 3.63) is 70.3 Å². The van der Waals surface area contributed by atoms with E-state index >= 15 is 0 Å². The Labute approximate surface area is 200 Å². The van der Waals surface area contributed by atoms with Crippen molar-refractivity contribution in [2.75, 3.05) is 19.6 Å². The molecule has 2 aromatic carbocycles. The van der Waals surface area contributed by atoms with Crippen molar-refractivity contribution in [3.63, 3.8) is 0 Å². The van der Waals surface area contributed by atoms with Gasteiger partial charge in [-0.2, -0.15) is 13.2 Å². The maximum absolute atomic E-state index is 13.0. The number of hydrogen-bond donors (Lipinski definition) is 0. The van der Waals surface area contributed by atoms with E-state index in [4.69, 9.17) is 4.84 Å². The second kappa shape index (κ2) is 8.83. The standard InChI is InChI=1S/C25H24F3N3O4/c1-15-4-7-18(8-5-15)24(3)11-20(29-35-24)17-6-9-19(16(2)10-17)23(34)30-12-21(32)31(22(33)13-30)14-25(26,27)28/h4-10H,11-14H2,1-3H3. The summed E-state index contributed by atoms with van der Waals surface area (Å²) >= 11 is 0. The van der Waals surface area contributed by atoms with E-state index in [9.17, 15) is 27.6 Å². The van der Waals surface area contributed by atoms with Crippen molar-refractivity contribution in [3.8, 4) is 0 Å². The van der Waals surface area contributed by atoms with E-state index in [0.717, 1.165) is 21.6 Å². The van der Waals surface area contributed by atoms with Crippen LogP contribution in [0.3, 0.4) is 0 Å². The number of hydrogen-bond acceptors (Lipinski definition) is 5. The van der Waals surface area contributed by atoms with Crippen molar-refractivity contribution in [2.24, 2.45) is 5.16 Å². The first kappa shape index (κ1) is 24.4. The highest BCUT2D eigenvalue weighted by Gasteiger charge is 2.41. The number of carbonyl (C=O) groups excluding carboxylic acids is 3. The fourth-order valence-corrected chi connectivity index (χ4v) is 4.20. The van der Waals surface area contributed by atoms with Crippen LogP contribution in [0, 0.1) is 13.8 Å². The summed E-state index contributed by atoms with van der Waals surface area (Å²) in [4.78, 5) is 44.1. The first-order chi connectivity index (χ1) is 16.4. The van der Waals surface area contributed by atoms with E-state index < -0.39 is 49.1 Å². The number of rotatable bonds is 4. The molecule has 2 aliphatic heterocycles. The lowest BCUT2D eigenvalue weighted by atomic mass is 9.88. The van der Waals surface area contributed by atoms with Crippen LogP contribution in [0.2, 0.25) is 0 Å². The summed E-state index contributed by atoms with van der Waals surface area (Å²) in [5.74, 6) is -2.72. The molecular weight excluding hydrogens is 463 g/mol. The first-order valence-corrected chi connectivity index (χ1v) is 11.0. The van der Waals surface area contributed by atoms with Crippen molar-refractivity contribution >= 4 is 23.4 Å². The molecule has 0 bridgehead atoms. The molecule has 1 unspecified atom stereocenters. The van der Waals surface area contributed by atoms with Gasteiger partial charge in [0.25, 0.3) is 5.91 Å². The molecule has 0 radical (unpaired) electrons. The van der Waals surface area contributed by atoms with Crippen LogP contribution in [-0.4, -0.2) is 59.0 Å². The Hall–Kier alpha value is -3.69. The Morgan fingerprint density at radius 3 is 2.26 bits per heavy atom. The van der Waals surface area contributed by atoms with E-state index in [1.165, 1.54) is 0 Å². The van der Waals surface area contributed by atoms with Crippen LogP contribution in [0.4, 0.5) is 13.2 Å². The Bertz CT molecular complexity index is 1210. The zero-order chi connectivity index (χ0) is 25.5. The SMILES string of the molecule is Cc1ccc(C2(C)CC(c3ccc(C(=O)N4CC(=O)N(CC(F)(F)F)C(=O)C4)c(C)c3)=NO2)cc1. The van der Waals surface area contributed by atoms with Crippen LogP contribution < -0.4 is 0 Å². The van der Waals surface area contributed by atoms with E-state index in [0.29, 0.717) is 17.7 Å². The molecule has 2 aliphatic rings. The highest BCUT2D eigenvalue weighted by atomic mass is 19.4. The molecular formula is C25H24F3N3O4. The molecule has 7 nitrogen and oxygen atoms in total. The fourth-order valence-electron chi connectivity index (χ4n) is 4.20. The largest absolute Gasteiger partial charge is 0.406 e. The van der Waals surface area contributed by atoms with Crippen LogP contribution >= 0.6 is 0 Å². The third-order valence-corrected chi connectivity index (χ3v) is 6.19. The van der Waals surface area contributed by atoms with E-state index in [1.54, 1.807) is 25.1 Å². The number of nitrogens with zero attached hydrogens (tertiary/aromatic N) is 3. The minimum atomic E-state index is -4.70.